The van der Waals surface area contributed by atoms with Gasteiger partial charge in [0.15, 0.2) is 5.88 Å². The van der Waals surface area contributed by atoms with Crippen molar-refractivity contribution in [2.45, 2.75) is 20.8 Å². The van der Waals surface area contributed by atoms with Gasteiger partial charge in [0.1, 0.15) is 5.75 Å². The van der Waals surface area contributed by atoms with E-state index in [1.807, 2.05) is 6.92 Å². The van der Waals surface area contributed by atoms with E-state index in [0.29, 0.717) is 22.7 Å². The molecular formula is C16H22N2O5Pd. The van der Waals surface area contributed by atoms with Crippen LogP contribution in [0.2, 0.25) is 0 Å². The summed E-state index contributed by atoms with van der Waals surface area (Å²) in [6.45, 7) is 4.71. The van der Waals surface area contributed by atoms with E-state index in [2.05, 4.69) is 5.32 Å². The number of hydrogen-bond acceptors (Lipinski definition) is 5. The van der Waals surface area contributed by atoms with Crippen LogP contribution in [0.5, 0.6) is 11.6 Å². The van der Waals surface area contributed by atoms with E-state index in [9.17, 15) is 9.90 Å². The number of aryl methyl sites for hydroxylation is 1. The first-order chi connectivity index (χ1) is 10.7. The first kappa shape index (κ1) is 22.0. The van der Waals surface area contributed by atoms with Gasteiger partial charge < -0.3 is 24.8 Å². The fourth-order valence-electron chi connectivity index (χ4n) is 2.52. The van der Waals surface area contributed by atoms with E-state index in [1.165, 1.54) is 0 Å². The molecule has 1 aliphatic heterocycles. The molecule has 1 aliphatic carbocycles. The van der Waals surface area contributed by atoms with Gasteiger partial charge in [-0.1, -0.05) is 0 Å². The number of carboxylic acid groups (broad SMARTS) is 1. The third-order valence-electron chi connectivity index (χ3n) is 3.49. The van der Waals surface area contributed by atoms with E-state index in [4.69, 9.17) is 14.6 Å². The summed E-state index contributed by atoms with van der Waals surface area (Å²) >= 11 is 0. The molecule has 0 spiro atoms. The van der Waals surface area contributed by atoms with E-state index >= 15 is 0 Å². The van der Waals surface area contributed by atoms with Crippen LogP contribution in [-0.4, -0.2) is 34.9 Å². The van der Waals surface area contributed by atoms with Crippen molar-refractivity contribution in [2.24, 2.45) is 7.05 Å². The molecule has 1 heterocycles. The molecule has 0 bridgehead atoms. The second-order valence-electron chi connectivity index (χ2n) is 5.10. The van der Waals surface area contributed by atoms with E-state index in [1.54, 1.807) is 38.8 Å². The number of anilines is 1. The van der Waals surface area contributed by atoms with Gasteiger partial charge >= 0.3 is 0 Å². The summed E-state index contributed by atoms with van der Waals surface area (Å²) in [5.74, 6) is -0.139. The minimum Gasteiger partial charge on any atom is -0.494 e. The van der Waals surface area contributed by atoms with Crippen molar-refractivity contribution in [3.05, 3.63) is 27.4 Å². The molecule has 0 aromatic rings. The predicted molar refractivity (Wildman–Crippen MR) is 88.9 cm³/mol. The van der Waals surface area contributed by atoms with Gasteiger partial charge in [-0.3, -0.25) is 9.59 Å². The Bertz CT molecular complexity index is 767. The minimum absolute atomic E-state index is 0. The summed E-state index contributed by atoms with van der Waals surface area (Å²) < 4.78 is 7.00. The van der Waals surface area contributed by atoms with Crippen LogP contribution in [0.4, 0.5) is 5.69 Å². The van der Waals surface area contributed by atoms with Crippen molar-refractivity contribution in [1.82, 2.24) is 4.57 Å². The van der Waals surface area contributed by atoms with Crippen molar-refractivity contribution in [3.8, 4) is 22.9 Å². The first-order valence-electron chi connectivity index (χ1n) is 6.94. The molecular weight excluding hydrogens is 407 g/mol. The summed E-state index contributed by atoms with van der Waals surface area (Å²) in [7, 11) is 4.98. The van der Waals surface area contributed by atoms with Crippen LogP contribution in [-0.2, 0) is 32.3 Å². The average molecular weight is 429 g/mol. The number of aromatic hydroxyl groups is 1. The molecule has 0 atom stereocenters. The molecule has 0 unspecified atom stereocenters. The zero-order valence-corrected chi connectivity index (χ0v) is 16.0. The molecule has 0 saturated carbocycles. The third-order valence-corrected chi connectivity index (χ3v) is 3.49. The molecule has 3 N–H and O–H groups in total. The zero-order valence-electron chi connectivity index (χ0n) is 14.5. The molecule has 0 aromatic carbocycles. The zero-order chi connectivity index (χ0) is 17.9. The summed E-state index contributed by atoms with van der Waals surface area (Å²) in [6, 6.07) is 1.58. The maximum atomic E-state index is 12.5. The van der Waals surface area contributed by atoms with Crippen LogP contribution in [0.15, 0.2) is 10.9 Å². The standard InChI is InChI=1S/C14H18N2O3.C2H4O2.Pd/c1-7-6-9(17)16(4)12-10(7)13(18)11(15-3)8(2)14(12)19-5;1-2(3)4;/h6,15,17H,1-5H3;1H3,(H,3,4);. The van der Waals surface area contributed by atoms with Crippen LogP contribution < -0.4 is 15.5 Å². The normalized spacial score (nSPS) is 9.58. The number of aliphatic carboxylic acids is 1. The monoisotopic (exact) mass is 428 g/mol. The third kappa shape index (κ3) is 4.08. The molecule has 2 rings (SSSR count). The number of aromatic nitrogens is 1. The molecule has 7 nitrogen and oxygen atoms in total. The van der Waals surface area contributed by atoms with Crippen molar-refractivity contribution < 1.29 is 40.2 Å². The number of nitrogens with one attached hydrogen (secondary N) is 1. The van der Waals surface area contributed by atoms with Crippen molar-refractivity contribution >= 4 is 11.7 Å². The number of carbonyl (C=O) groups is 1. The number of hydrogen-bond donors (Lipinski definition) is 3. The molecule has 0 radical (unpaired) electrons. The van der Waals surface area contributed by atoms with E-state index < -0.39 is 5.97 Å². The minimum atomic E-state index is -0.833. The van der Waals surface area contributed by atoms with Gasteiger partial charge in [0.25, 0.3) is 5.97 Å². The van der Waals surface area contributed by atoms with Crippen LogP contribution in [0.1, 0.15) is 18.1 Å². The molecule has 0 saturated heterocycles. The number of carboxylic acids is 1. The van der Waals surface area contributed by atoms with Crippen molar-refractivity contribution in [2.75, 3.05) is 19.5 Å². The van der Waals surface area contributed by atoms with Gasteiger partial charge in [-0.25, -0.2) is 0 Å². The van der Waals surface area contributed by atoms with Gasteiger partial charge in [0.2, 0.25) is 5.43 Å². The van der Waals surface area contributed by atoms with Crippen molar-refractivity contribution in [3.63, 3.8) is 0 Å². The van der Waals surface area contributed by atoms with Crippen LogP contribution >= 0.6 is 0 Å². The first-order valence-corrected chi connectivity index (χ1v) is 6.94. The number of rotatable bonds is 2. The van der Waals surface area contributed by atoms with Crippen molar-refractivity contribution in [1.29, 1.82) is 0 Å². The summed E-state index contributed by atoms with van der Waals surface area (Å²) in [5.41, 5.74) is 3.09. The van der Waals surface area contributed by atoms with Gasteiger partial charge in [0.05, 0.1) is 24.1 Å². The largest absolute Gasteiger partial charge is 0.494 e. The quantitative estimate of drug-likeness (QED) is 0.632. The Kier molecular flexibility index (Phi) is 7.97. The molecule has 0 amide bonds. The number of ether oxygens (including phenoxy) is 1. The Morgan fingerprint density at radius 1 is 1.33 bits per heavy atom. The average Bonchev–Trinajstić information content (AvgIpc) is 2.44. The molecule has 0 fully saturated rings. The fourth-order valence-corrected chi connectivity index (χ4v) is 2.52. The van der Waals surface area contributed by atoms with Gasteiger partial charge in [0, 0.05) is 53.1 Å². The Balaban J connectivity index is 0.000000954. The Hall–Kier alpha value is -2.04. The van der Waals surface area contributed by atoms with Crippen LogP contribution in [0.25, 0.3) is 11.3 Å². The number of benzene rings is 1. The van der Waals surface area contributed by atoms with E-state index in [0.717, 1.165) is 18.1 Å². The maximum Gasteiger partial charge on any atom is 0.300 e. The fraction of sp³-hybridized carbons (Fsp3) is 0.375. The van der Waals surface area contributed by atoms with Gasteiger partial charge in [-0.15, -0.1) is 0 Å². The smallest absolute Gasteiger partial charge is 0.300 e. The Labute approximate surface area is 154 Å². The van der Waals surface area contributed by atoms with E-state index in [-0.39, 0.29) is 31.7 Å². The number of fused-ring (bicyclic) bond motifs is 1. The maximum absolute atomic E-state index is 12.5. The number of nitrogens with zero attached hydrogens (tertiary/aromatic N) is 1. The molecule has 2 aliphatic rings. The SMILES string of the molecule is CC(=O)O.CNc1c(C)c(OC)c2n(C)c(O)cc(C)c-2c1=O.[Pd]. The number of methoxy groups -OCH3 is 1. The molecule has 8 heteroatoms. The Morgan fingerprint density at radius 2 is 1.83 bits per heavy atom. The molecule has 0 aromatic heterocycles. The van der Waals surface area contributed by atoms with Gasteiger partial charge in [-0.05, 0) is 19.4 Å². The summed E-state index contributed by atoms with van der Waals surface area (Å²) in [6.07, 6.45) is 0. The predicted octanol–water partition coefficient (Wildman–Crippen LogP) is 1.95. The van der Waals surface area contributed by atoms with Crippen LogP contribution in [0, 0.1) is 13.8 Å². The second-order valence-corrected chi connectivity index (χ2v) is 5.10. The topological polar surface area (TPSA) is 101 Å². The van der Waals surface area contributed by atoms with Gasteiger partial charge in [-0.2, -0.15) is 0 Å². The molecule has 24 heavy (non-hydrogen) atoms. The Morgan fingerprint density at radius 3 is 2.25 bits per heavy atom. The second kappa shape index (κ2) is 8.71. The summed E-state index contributed by atoms with van der Waals surface area (Å²) in [4.78, 5) is 21.5. The van der Waals surface area contributed by atoms with Crippen LogP contribution in [0.3, 0.4) is 0 Å². The number of pyridine rings is 1. The summed E-state index contributed by atoms with van der Waals surface area (Å²) in [5, 5.41) is 20.3. The molecule has 136 valence electrons.